The highest BCUT2D eigenvalue weighted by molar-refractivity contribution is 5.79. The minimum Gasteiger partial charge on any atom is -0.479 e. The number of nitrogens with zero attached hydrogens (tertiary/aromatic N) is 1. The van der Waals surface area contributed by atoms with Crippen LogP contribution in [0.3, 0.4) is 0 Å². The SMILES string of the molecule is CCCOC(COCCCc1ccc(CC)cn1)(C(=O)O)c1ccccc1. The van der Waals surface area contributed by atoms with Gasteiger partial charge in [0.2, 0.25) is 5.60 Å². The van der Waals surface area contributed by atoms with Gasteiger partial charge in [0.25, 0.3) is 0 Å². The van der Waals surface area contributed by atoms with Gasteiger partial charge in [-0.2, -0.15) is 0 Å². The molecule has 146 valence electrons. The normalized spacial score (nSPS) is 13.3. The minimum absolute atomic E-state index is 0.0193. The smallest absolute Gasteiger partial charge is 0.343 e. The number of hydrogen-bond acceptors (Lipinski definition) is 4. The van der Waals surface area contributed by atoms with Gasteiger partial charge in [-0.05, 0) is 42.9 Å². The summed E-state index contributed by atoms with van der Waals surface area (Å²) in [7, 11) is 0. The fraction of sp³-hybridized carbons (Fsp3) is 0.455. The number of carboxylic acids is 1. The van der Waals surface area contributed by atoms with Crippen LogP contribution >= 0.6 is 0 Å². The molecule has 1 aromatic carbocycles. The van der Waals surface area contributed by atoms with Crippen LogP contribution in [0.5, 0.6) is 0 Å². The largest absolute Gasteiger partial charge is 0.479 e. The zero-order valence-corrected chi connectivity index (χ0v) is 16.2. The monoisotopic (exact) mass is 371 g/mol. The topological polar surface area (TPSA) is 68.7 Å². The first-order valence-electron chi connectivity index (χ1n) is 9.56. The molecule has 0 aliphatic heterocycles. The van der Waals surface area contributed by atoms with Gasteiger partial charge < -0.3 is 14.6 Å². The summed E-state index contributed by atoms with van der Waals surface area (Å²) in [6, 6.07) is 13.1. The van der Waals surface area contributed by atoms with Crippen LogP contribution < -0.4 is 0 Å². The molecule has 0 spiro atoms. The Kier molecular flexibility index (Phi) is 8.43. The number of benzene rings is 1. The summed E-state index contributed by atoms with van der Waals surface area (Å²) >= 11 is 0. The highest BCUT2D eigenvalue weighted by atomic mass is 16.6. The highest BCUT2D eigenvalue weighted by Crippen LogP contribution is 2.27. The van der Waals surface area contributed by atoms with E-state index < -0.39 is 11.6 Å². The minimum atomic E-state index is -1.47. The Labute approximate surface area is 161 Å². The third-order valence-electron chi connectivity index (χ3n) is 4.46. The van der Waals surface area contributed by atoms with E-state index in [4.69, 9.17) is 9.47 Å². The van der Waals surface area contributed by atoms with Crippen LogP contribution in [0.4, 0.5) is 0 Å². The van der Waals surface area contributed by atoms with E-state index in [9.17, 15) is 9.90 Å². The molecule has 0 fully saturated rings. The van der Waals surface area contributed by atoms with Gasteiger partial charge in [-0.15, -0.1) is 0 Å². The Morgan fingerprint density at radius 3 is 2.48 bits per heavy atom. The number of carbonyl (C=O) groups is 1. The van der Waals surface area contributed by atoms with Gasteiger partial charge in [0.1, 0.15) is 0 Å². The van der Waals surface area contributed by atoms with E-state index in [1.54, 1.807) is 12.1 Å². The highest BCUT2D eigenvalue weighted by Gasteiger charge is 2.42. The van der Waals surface area contributed by atoms with Gasteiger partial charge >= 0.3 is 5.97 Å². The average molecular weight is 371 g/mol. The Hall–Kier alpha value is -2.24. The number of hydrogen-bond donors (Lipinski definition) is 1. The summed E-state index contributed by atoms with van der Waals surface area (Å²) < 4.78 is 11.5. The molecule has 0 saturated heterocycles. The molecule has 1 aromatic heterocycles. The number of aromatic nitrogens is 1. The van der Waals surface area contributed by atoms with E-state index in [-0.39, 0.29) is 6.61 Å². The molecule has 2 aromatic rings. The van der Waals surface area contributed by atoms with E-state index >= 15 is 0 Å². The van der Waals surface area contributed by atoms with Crippen molar-refractivity contribution in [1.82, 2.24) is 4.98 Å². The molecule has 2 rings (SSSR count). The molecule has 0 aliphatic carbocycles. The van der Waals surface area contributed by atoms with Crippen molar-refractivity contribution in [1.29, 1.82) is 0 Å². The van der Waals surface area contributed by atoms with Crippen molar-refractivity contribution >= 4 is 5.97 Å². The summed E-state index contributed by atoms with van der Waals surface area (Å²) in [5.74, 6) is -1.03. The first-order valence-corrected chi connectivity index (χ1v) is 9.56. The maximum Gasteiger partial charge on any atom is 0.343 e. The van der Waals surface area contributed by atoms with Crippen molar-refractivity contribution < 1.29 is 19.4 Å². The van der Waals surface area contributed by atoms with Crippen molar-refractivity contribution in [2.75, 3.05) is 19.8 Å². The van der Waals surface area contributed by atoms with Crippen LogP contribution in [-0.2, 0) is 32.7 Å². The summed E-state index contributed by atoms with van der Waals surface area (Å²) in [5.41, 5.74) is 1.36. The molecule has 1 unspecified atom stereocenters. The molecule has 1 atom stereocenters. The van der Waals surface area contributed by atoms with Crippen molar-refractivity contribution in [3.8, 4) is 0 Å². The predicted octanol–water partition coefficient (Wildman–Crippen LogP) is 4.00. The Balaban J connectivity index is 1.93. The van der Waals surface area contributed by atoms with Crippen LogP contribution in [0.25, 0.3) is 0 Å². The maximum absolute atomic E-state index is 12.1. The van der Waals surface area contributed by atoms with Gasteiger partial charge in [0.15, 0.2) is 0 Å². The van der Waals surface area contributed by atoms with Crippen LogP contribution in [0.2, 0.25) is 0 Å². The van der Waals surface area contributed by atoms with E-state index in [1.807, 2.05) is 37.4 Å². The predicted molar refractivity (Wildman–Crippen MR) is 105 cm³/mol. The van der Waals surface area contributed by atoms with Crippen molar-refractivity contribution in [3.05, 3.63) is 65.5 Å². The van der Waals surface area contributed by atoms with Crippen molar-refractivity contribution in [2.24, 2.45) is 0 Å². The molecule has 0 amide bonds. The van der Waals surface area contributed by atoms with Crippen LogP contribution in [0.15, 0.2) is 48.7 Å². The van der Waals surface area contributed by atoms with Gasteiger partial charge in [0, 0.05) is 25.1 Å². The molecular formula is C22H29NO4. The molecule has 1 N–H and O–H groups in total. The number of rotatable bonds is 12. The summed E-state index contributed by atoms with van der Waals surface area (Å²) in [6.45, 7) is 4.85. The maximum atomic E-state index is 12.1. The van der Waals surface area contributed by atoms with Gasteiger partial charge in [0.05, 0.1) is 6.61 Å². The Bertz CT molecular complexity index is 687. The van der Waals surface area contributed by atoms with E-state index in [2.05, 4.69) is 18.0 Å². The molecule has 0 radical (unpaired) electrons. The number of carboxylic acid groups (broad SMARTS) is 1. The number of aryl methyl sites for hydroxylation is 2. The van der Waals surface area contributed by atoms with Crippen LogP contribution in [0, 0.1) is 0 Å². The van der Waals surface area contributed by atoms with Crippen LogP contribution in [-0.4, -0.2) is 35.9 Å². The lowest BCUT2D eigenvalue weighted by atomic mass is 9.94. The molecule has 5 heteroatoms. The van der Waals surface area contributed by atoms with Gasteiger partial charge in [-0.3, -0.25) is 4.98 Å². The third kappa shape index (κ3) is 5.88. The van der Waals surface area contributed by atoms with E-state index in [1.165, 1.54) is 5.56 Å². The first kappa shape index (κ1) is 21.1. The quantitative estimate of drug-likeness (QED) is 0.571. The van der Waals surface area contributed by atoms with Crippen molar-refractivity contribution in [2.45, 2.75) is 45.1 Å². The first-order chi connectivity index (χ1) is 13.1. The number of aliphatic carboxylic acids is 1. The van der Waals surface area contributed by atoms with E-state index in [0.717, 1.165) is 31.4 Å². The average Bonchev–Trinajstić information content (AvgIpc) is 2.71. The Morgan fingerprint density at radius 2 is 1.89 bits per heavy atom. The number of pyridine rings is 1. The molecule has 27 heavy (non-hydrogen) atoms. The molecule has 0 aliphatic rings. The lowest BCUT2D eigenvalue weighted by Gasteiger charge is -2.30. The fourth-order valence-electron chi connectivity index (χ4n) is 2.82. The second-order valence-electron chi connectivity index (χ2n) is 6.51. The zero-order chi connectivity index (χ0) is 19.5. The fourth-order valence-corrected chi connectivity index (χ4v) is 2.82. The van der Waals surface area contributed by atoms with Gasteiger partial charge in [-0.25, -0.2) is 4.79 Å². The zero-order valence-electron chi connectivity index (χ0n) is 16.2. The van der Waals surface area contributed by atoms with Crippen LogP contribution in [0.1, 0.15) is 43.5 Å². The second kappa shape index (κ2) is 10.8. The number of ether oxygens (including phenoxy) is 2. The summed E-state index contributed by atoms with van der Waals surface area (Å²) in [4.78, 5) is 16.5. The molecule has 0 bridgehead atoms. The molecule has 0 saturated carbocycles. The lowest BCUT2D eigenvalue weighted by molar-refractivity contribution is -0.177. The lowest BCUT2D eigenvalue weighted by Crippen LogP contribution is -2.43. The Morgan fingerprint density at radius 1 is 1.11 bits per heavy atom. The summed E-state index contributed by atoms with van der Waals surface area (Å²) in [5, 5.41) is 9.87. The molecular weight excluding hydrogens is 342 g/mol. The molecule has 1 heterocycles. The van der Waals surface area contributed by atoms with E-state index in [0.29, 0.717) is 18.8 Å². The van der Waals surface area contributed by atoms with Gasteiger partial charge in [-0.1, -0.05) is 50.2 Å². The second-order valence-corrected chi connectivity index (χ2v) is 6.51. The van der Waals surface area contributed by atoms with Crippen molar-refractivity contribution in [3.63, 3.8) is 0 Å². The molecule has 5 nitrogen and oxygen atoms in total. The third-order valence-corrected chi connectivity index (χ3v) is 4.46. The summed E-state index contributed by atoms with van der Waals surface area (Å²) in [6.07, 6.45) is 5.19. The standard InChI is InChI=1S/C22H29NO4/c1-3-14-27-22(21(24)25,19-9-6-5-7-10-19)17-26-15-8-11-20-13-12-18(4-2)16-23-20/h5-7,9-10,12-13,16H,3-4,8,11,14-15,17H2,1-2H3,(H,24,25).